The number of nitrogens with zero attached hydrogens (tertiary/aromatic N) is 2. The molecule has 0 saturated carbocycles. The number of hydrogen-bond acceptors (Lipinski definition) is 7. The van der Waals surface area contributed by atoms with E-state index in [4.69, 9.17) is 9.47 Å². The number of phenolic OH excluding ortho intramolecular Hbond substituents is 1. The third kappa shape index (κ3) is 4.67. The molecule has 1 N–H and O–H groups in total. The number of carbonyl (C=O) groups excluding carboxylic acids is 1. The summed E-state index contributed by atoms with van der Waals surface area (Å²) in [5.74, 6) is 0.397. The zero-order chi connectivity index (χ0) is 24.4. The Balaban J connectivity index is 1.91. The van der Waals surface area contributed by atoms with Gasteiger partial charge in [0.2, 0.25) is 0 Å². The Bertz CT molecular complexity index is 1450. The maximum absolute atomic E-state index is 13.6. The molecule has 1 aliphatic rings. The van der Waals surface area contributed by atoms with Crippen molar-refractivity contribution in [2.24, 2.45) is 4.99 Å². The quantitative estimate of drug-likeness (QED) is 0.351. The van der Waals surface area contributed by atoms with E-state index in [1.165, 1.54) is 11.3 Å². The Hall–Kier alpha value is -2.92. The molecule has 1 aromatic heterocycles. The van der Waals surface area contributed by atoms with Crippen molar-refractivity contribution in [2.75, 3.05) is 13.2 Å². The van der Waals surface area contributed by atoms with Crippen molar-refractivity contribution >= 4 is 46.0 Å². The van der Waals surface area contributed by atoms with Crippen LogP contribution in [0.4, 0.5) is 0 Å². The molecule has 0 bridgehead atoms. The van der Waals surface area contributed by atoms with Crippen LogP contribution < -0.4 is 19.6 Å². The minimum Gasteiger partial charge on any atom is -0.507 e. The maximum Gasteiger partial charge on any atom is 0.338 e. The molecule has 0 saturated heterocycles. The highest BCUT2D eigenvalue weighted by atomic mass is 127. The third-order valence-electron chi connectivity index (χ3n) is 5.29. The molecule has 9 heteroatoms. The minimum atomic E-state index is -0.673. The maximum atomic E-state index is 13.6. The van der Waals surface area contributed by atoms with Crippen molar-refractivity contribution in [1.29, 1.82) is 0 Å². The molecule has 3 aromatic rings. The Morgan fingerprint density at radius 2 is 1.94 bits per heavy atom. The van der Waals surface area contributed by atoms with Crippen LogP contribution in [0.15, 0.2) is 63.5 Å². The van der Waals surface area contributed by atoms with E-state index in [-0.39, 0.29) is 17.9 Å². The summed E-state index contributed by atoms with van der Waals surface area (Å²) in [4.78, 5) is 31.6. The number of rotatable bonds is 6. The average Bonchev–Trinajstić information content (AvgIpc) is 3.10. The van der Waals surface area contributed by atoms with Gasteiger partial charge in [0.25, 0.3) is 5.56 Å². The molecular weight excluding hydrogens is 567 g/mol. The van der Waals surface area contributed by atoms with Crippen molar-refractivity contribution in [3.05, 3.63) is 88.1 Å². The Kier molecular flexibility index (Phi) is 7.22. The molecule has 0 amide bonds. The van der Waals surface area contributed by atoms with Gasteiger partial charge in [-0.25, -0.2) is 9.79 Å². The fraction of sp³-hybridized carbons (Fsp3) is 0.240. The number of fused-ring (bicyclic) bond motifs is 1. The van der Waals surface area contributed by atoms with Gasteiger partial charge in [-0.3, -0.25) is 9.36 Å². The lowest BCUT2D eigenvalue weighted by atomic mass is 9.96. The number of esters is 1. The number of aromatic nitrogens is 1. The van der Waals surface area contributed by atoms with Crippen LogP contribution in [0.25, 0.3) is 6.08 Å². The topological polar surface area (TPSA) is 90.1 Å². The summed E-state index contributed by atoms with van der Waals surface area (Å²) >= 11 is 3.30. The van der Waals surface area contributed by atoms with Crippen LogP contribution in [0.5, 0.6) is 11.5 Å². The predicted octanol–water partition coefficient (Wildman–Crippen LogP) is 3.51. The van der Waals surface area contributed by atoms with Gasteiger partial charge in [-0.1, -0.05) is 29.5 Å². The second-order valence-corrected chi connectivity index (χ2v) is 9.69. The number of benzene rings is 2. The van der Waals surface area contributed by atoms with E-state index in [0.717, 1.165) is 11.1 Å². The SMILES string of the molecule is CCOC(=O)C1=C(C)N=c2s/c(=C/c3ccc(O)c(I)c3)c(=O)n2[C@H]1c1ccc(OCC)cc1. The van der Waals surface area contributed by atoms with E-state index >= 15 is 0 Å². The van der Waals surface area contributed by atoms with Crippen LogP contribution in [0.2, 0.25) is 0 Å². The molecule has 0 aliphatic carbocycles. The lowest BCUT2D eigenvalue weighted by Gasteiger charge is -2.24. The highest BCUT2D eigenvalue weighted by Gasteiger charge is 2.33. The molecule has 2 aromatic carbocycles. The first-order chi connectivity index (χ1) is 16.3. The number of thiazole rings is 1. The van der Waals surface area contributed by atoms with Gasteiger partial charge in [0, 0.05) is 0 Å². The first-order valence-electron chi connectivity index (χ1n) is 10.7. The van der Waals surface area contributed by atoms with E-state index < -0.39 is 12.0 Å². The van der Waals surface area contributed by atoms with Crippen molar-refractivity contribution in [1.82, 2.24) is 4.57 Å². The largest absolute Gasteiger partial charge is 0.507 e. The number of phenols is 1. The third-order valence-corrected chi connectivity index (χ3v) is 7.14. The van der Waals surface area contributed by atoms with E-state index in [1.807, 2.05) is 53.8 Å². The highest BCUT2D eigenvalue weighted by Crippen LogP contribution is 2.31. The molecule has 2 heterocycles. The van der Waals surface area contributed by atoms with Crippen LogP contribution >= 0.6 is 33.9 Å². The summed E-state index contributed by atoms with van der Waals surface area (Å²) < 4.78 is 13.6. The number of carbonyl (C=O) groups is 1. The molecule has 34 heavy (non-hydrogen) atoms. The van der Waals surface area contributed by atoms with Crippen LogP contribution in [-0.2, 0) is 9.53 Å². The normalized spacial score (nSPS) is 15.6. The Morgan fingerprint density at radius 3 is 2.59 bits per heavy atom. The van der Waals surface area contributed by atoms with E-state index in [2.05, 4.69) is 4.99 Å². The second-order valence-electron chi connectivity index (χ2n) is 7.52. The average molecular weight is 590 g/mol. The van der Waals surface area contributed by atoms with Crippen LogP contribution in [0.1, 0.15) is 37.9 Å². The molecule has 7 nitrogen and oxygen atoms in total. The van der Waals surface area contributed by atoms with E-state index in [9.17, 15) is 14.7 Å². The molecule has 4 rings (SSSR count). The predicted molar refractivity (Wildman–Crippen MR) is 139 cm³/mol. The van der Waals surface area contributed by atoms with Gasteiger partial charge in [0.15, 0.2) is 4.80 Å². The standard InChI is InChI=1S/C25H23IN2O5S/c1-4-32-17-9-7-16(8-10-17)22-21(24(31)33-5-2)14(3)27-25-28(22)23(30)20(34-25)13-15-6-11-19(29)18(26)12-15/h6-13,22,29H,4-5H2,1-3H3/b20-13+/t22-/m0/s1. The monoisotopic (exact) mass is 590 g/mol. The van der Waals surface area contributed by atoms with E-state index in [0.29, 0.717) is 36.5 Å². The van der Waals surface area contributed by atoms with Crippen LogP contribution in [0, 0.1) is 3.57 Å². The smallest absolute Gasteiger partial charge is 0.338 e. The molecule has 176 valence electrons. The fourth-order valence-electron chi connectivity index (χ4n) is 3.78. The molecular formula is C25H23IN2O5S. The van der Waals surface area contributed by atoms with Gasteiger partial charge in [-0.05, 0) is 84.8 Å². The van der Waals surface area contributed by atoms with Gasteiger partial charge >= 0.3 is 5.97 Å². The number of allylic oxidation sites excluding steroid dienone is 1. The van der Waals surface area contributed by atoms with Crippen LogP contribution in [-0.4, -0.2) is 28.9 Å². The van der Waals surface area contributed by atoms with Crippen molar-refractivity contribution in [2.45, 2.75) is 26.8 Å². The number of hydrogen-bond donors (Lipinski definition) is 1. The molecule has 0 unspecified atom stereocenters. The Morgan fingerprint density at radius 1 is 1.21 bits per heavy atom. The van der Waals surface area contributed by atoms with Crippen molar-refractivity contribution in [3.63, 3.8) is 0 Å². The fourth-order valence-corrected chi connectivity index (χ4v) is 5.37. The zero-order valence-electron chi connectivity index (χ0n) is 18.9. The molecule has 0 fully saturated rings. The van der Waals surface area contributed by atoms with Gasteiger partial charge in [-0.2, -0.15) is 0 Å². The summed E-state index contributed by atoms with van der Waals surface area (Å²) in [6.45, 7) is 6.17. The summed E-state index contributed by atoms with van der Waals surface area (Å²) in [6.07, 6.45) is 1.77. The van der Waals surface area contributed by atoms with E-state index in [1.54, 1.807) is 42.7 Å². The van der Waals surface area contributed by atoms with Gasteiger partial charge in [0.05, 0.1) is 38.6 Å². The first-order valence-corrected chi connectivity index (χ1v) is 12.6. The van der Waals surface area contributed by atoms with Crippen LogP contribution in [0.3, 0.4) is 0 Å². The van der Waals surface area contributed by atoms with Gasteiger partial charge in [-0.15, -0.1) is 0 Å². The summed E-state index contributed by atoms with van der Waals surface area (Å²) in [6, 6.07) is 11.8. The molecule has 0 radical (unpaired) electrons. The second kappa shape index (κ2) is 10.1. The first kappa shape index (κ1) is 24.2. The number of halogens is 1. The lowest BCUT2D eigenvalue weighted by molar-refractivity contribution is -0.139. The molecule has 1 aliphatic heterocycles. The van der Waals surface area contributed by atoms with Gasteiger partial charge < -0.3 is 14.6 Å². The molecule has 1 atom stereocenters. The zero-order valence-corrected chi connectivity index (χ0v) is 21.8. The highest BCUT2D eigenvalue weighted by molar-refractivity contribution is 14.1. The summed E-state index contributed by atoms with van der Waals surface area (Å²) in [5.41, 5.74) is 2.15. The molecule has 0 spiro atoms. The Labute approximate surface area is 213 Å². The van der Waals surface area contributed by atoms with Crippen molar-refractivity contribution < 1.29 is 19.4 Å². The number of aromatic hydroxyl groups is 1. The van der Waals surface area contributed by atoms with Crippen molar-refractivity contribution in [3.8, 4) is 11.5 Å². The lowest BCUT2D eigenvalue weighted by Crippen LogP contribution is -2.39. The van der Waals surface area contributed by atoms with Gasteiger partial charge in [0.1, 0.15) is 11.5 Å². The number of ether oxygens (including phenoxy) is 2. The summed E-state index contributed by atoms with van der Waals surface area (Å²) in [5, 5.41) is 9.81. The summed E-state index contributed by atoms with van der Waals surface area (Å²) in [7, 11) is 0. The minimum absolute atomic E-state index is 0.185.